The molecule has 0 radical (unpaired) electrons. The molecule has 84 valence electrons. The van der Waals surface area contributed by atoms with Crippen molar-refractivity contribution in [3.63, 3.8) is 0 Å². The molecule has 2 rings (SSSR count). The van der Waals surface area contributed by atoms with Crippen molar-refractivity contribution in [1.82, 2.24) is 0 Å². The predicted molar refractivity (Wildman–Crippen MR) is 74.2 cm³/mol. The second-order valence-corrected chi connectivity index (χ2v) is 4.63. The molecule has 3 heteroatoms. The number of benzene rings is 2. The van der Waals surface area contributed by atoms with Crippen LogP contribution in [0.5, 0.6) is 0 Å². The van der Waals surface area contributed by atoms with E-state index in [1.165, 1.54) is 5.56 Å². The largest absolute Gasteiger partial charge is 0.192 e. The summed E-state index contributed by atoms with van der Waals surface area (Å²) >= 11 is 9.28. The molecule has 0 aliphatic carbocycles. The van der Waals surface area contributed by atoms with Gasteiger partial charge in [-0.3, -0.25) is 0 Å². The van der Waals surface area contributed by atoms with Crippen molar-refractivity contribution in [3.05, 3.63) is 58.6 Å². The fraction of sp³-hybridized carbons (Fsp3) is 0.0714. The zero-order valence-corrected chi connectivity index (χ0v) is 11.3. The second-order valence-electron chi connectivity index (χ2n) is 3.63. The van der Waals surface area contributed by atoms with E-state index < -0.39 is 0 Å². The molecule has 0 atom stereocenters. The maximum absolute atomic E-state index is 9.09. The van der Waals surface area contributed by atoms with Crippen LogP contribution in [-0.2, 0) is 5.33 Å². The van der Waals surface area contributed by atoms with Crippen LogP contribution in [-0.4, -0.2) is 0 Å². The van der Waals surface area contributed by atoms with Gasteiger partial charge in [0.05, 0.1) is 11.6 Å². The average molecular weight is 307 g/mol. The first-order valence-corrected chi connectivity index (χ1v) is 6.59. The second kappa shape index (κ2) is 5.35. The number of hydrogen-bond donors (Lipinski definition) is 0. The summed E-state index contributed by atoms with van der Waals surface area (Å²) in [6.07, 6.45) is 0. The third-order valence-electron chi connectivity index (χ3n) is 2.52. The van der Waals surface area contributed by atoms with Crippen LogP contribution in [0.4, 0.5) is 0 Å². The highest BCUT2D eigenvalue weighted by atomic mass is 79.9. The lowest BCUT2D eigenvalue weighted by atomic mass is 10.00. The summed E-state index contributed by atoms with van der Waals surface area (Å²) in [6, 6.07) is 15.7. The number of hydrogen-bond acceptors (Lipinski definition) is 1. The number of alkyl halides is 1. The highest BCUT2D eigenvalue weighted by Crippen LogP contribution is 2.26. The highest BCUT2D eigenvalue weighted by Gasteiger charge is 2.05. The Hall–Kier alpha value is -1.30. The van der Waals surface area contributed by atoms with Crippen molar-refractivity contribution in [2.45, 2.75) is 5.33 Å². The molecular formula is C14H9BrClN. The molecule has 0 fully saturated rings. The van der Waals surface area contributed by atoms with Gasteiger partial charge in [-0.15, -0.1) is 0 Å². The summed E-state index contributed by atoms with van der Waals surface area (Å²) in [6.45, 7) is 0. The van der Waals surface area contributed by atoms with E-state index in [4.69, 9.17) is 16.9 Å². The fourth-order valence-corrected chi connectivity index (χ4v) is 2.18. The lowest BCUT2D eigenvalue weighted by molar-refractivity contribution is 1.43. The van der Waals surface area contributed by atoms with Crippen LogP contribution in [0, 0.1) is 11.3 Å². The Labute approximate surface area is 114 Å². The van der Waals surface area contributed by atoms with E-state index in [0.29, 0.717) is 10.6 Å². The van der Waals surface area contributed by atoms with E-state index in [1.54, 1.807) is 12.1 Å². The maximum atomic E-state index is 9.09. The molecule has 1 nitrogen and oxygen atoms in total. The molecule has 2 aromatic rings. The van der Waals surface area contributed by atoms with Crippen molar-refractivity contribution in [1.29, 1.82) is 5.26 Å². The van der Waals surface area contributed by atoms with Crippen molar-refractivity contribution < 1.29 is 0 Å². The Balaban J connectivity index is 2.49. The van der Waals surface area contributed by atoms with Crippen molar-refractivity contribution in [2.24, 2.45) is 0 Å². The van der Waals surface area contributed by atoms with Gasteiger partial charge in [0.1, 0.15) is 0 Å². The first kappa shape index (κ1) is 12.2. The van der Waals surface area contributed by atoms with E-state index in [2.05, 4.69) is 22.0 Å². The Bertz CT molecular complexity index is 570. The molecule has 0 aliphatic rings. The fourth-order valence-electron chi connectivity index (χ4n) is 1.63. The smallest absolute Gasteiger partial charge is 0.0998 e. The Morgan fingerprint density at radius 1 is 1.12 bits per heavy atom. The standard InChI is InChI=1S/C14H9BrClN/c15-8-10-1-3-11(4-2-10)14-6-5-13(16)7-12(14)9-17/h1-7H,8H2. The summed E-state index contributed by atoms with van der Waals surface area (Å²) in [4.78, 5) is 0. The number of nitrogens with zero attached hydrogens (tertiary/aromatic N) is 1. The Morgan fingerprint density at radius 2 is 1.82 bits per heavy atom. The molecule has 17 heavy (non-hydrogen) atoms. The summed E-state index contributed by atoms with van der Waals surface area (Å²) in [5, 5.41) is 10.5. The topological polar surface area (TPSA) is 23.8 Å². The van der Waals surface area contributed by atoms with Crippen LogP contribution >= 0.6 is 27.5 Å². The Morgan fingerprint density at radius 3 is 2.41 bits per heavy atom. The highest BCUT2D eigenvalue weighted by molar-refractivity contribution is 9.08. The van der Waals surface area contributed by atoms with Crippen LogP contribution in [0.1, 0.15) is 11.1 Å². The van der Waals surface area contributed by atoms with Crippen molar-refractivity contribution >= 4 is 27.5 Å². The van der Waals surface area contributed by atoms with Gasteiger partial charge in [0.15, 0.2) is 0 Å². The lowest BCUT2D eigenvalue weighted by Crippen LogP contribution is -1.85. The maximum Gasteiger partial charge on any atom is 0.0998 e. The van der Waals surface area contributed by atoms with Crippen LogP contribution < -0.4 is 0 Å². The van der Waals surface area contributed by atoms with Crippen molar-refractivity contribution in [2.75, 3.05) is 0 Å². The first-order chi connectivity index (χ1) is 8.24. The molecule has 0 aromatic heterocycles. The zero-order chi connectivity index (χ0) is 12.3. The van der Waals surface area contributed by atoms with Crippen LogP contribution in [0.15, 0.2) is 42.5 Å². The molecule has 0 aliphatic heterocycles. The summed E-state index contributed by atoms with van der Waals surface area (Å²) in [7, 11) is 0. The number of nitriles is 1. The van der Waals surface area contributed by atoms with Gasteiger partial charge in [-0.05, 0) is 28.8 Å². The quantitative estimate of drug-likeness (QED) is 0.733. The molecule has 0 saturated carbocycles. The molecular weight excluding hydrogens is 298 g/mol. The van der Waals surface area contributed by atoms with Gasteiger partial charge < -0.3 is 0 Å². The molecule has 0 heterocycles. The van der Waals surface area contributed by atoms with E-state index in [9.17, 15) is 0 Å². The molecule has 0 saturated heterocycles. The SMILES string of the molecule is N#Cc1cc(Cl)ccc1-c1ccc(CBr)cc1. The molecule has 0 bridgehead atoms. The van der Waals surface area contributed by atoms with Crippen LogP contribution in [0.3, 0.4) is 0 Å². The number of halogens is 2. The third kappa shape index (κ3) is 2.69. The normalized spacial score (nSPS) is 9.94. The Kier molecular flexibility index (Phi) is 3.83. The minimum atomic E-state index is 0.586. The average Bonchev–Trinajstić information content (AvgIpc) is 2.39. The van der Waals surface area contributed by atoms with Gasteiger partial charge in [-0.1, -0.05) is 57.9 Å². The van der Waals surface area contributed by atoms with Gasteiger partial charge in [0.25, 0.3) is 0 Å². The molecule has 0 amide bonds. The molecule has 2 aromatic carbocycles. The molecule has 0 spiro atoms. The first-order valence-electron chi connectivity index (χ1n) is 5.09. The van der Waals surface area contributed by atoms with Gasteiger partial charge in [0, 0.05) is 10.4 Å². The summed E-state index contributed by atoms with van der Waals surface area (Å²) in [5.41, 5.74) is 3.76. The molecule has 0 unspecified atom stereocenters. The molecule has 0 N–H and O–H groups in total. The summed E-state index contributed by atoms with van der Waals surface area (Å²) < 4.78 is 0. The van der Waals surface area contributed by atoms with Gasteiger partial charge in [0.2, 0.25) is 0 Å². The van der Waals surface area contributed by atoms with Crippen LogP contribution in [0.2, 0.25) is 5.02 Å². The van der Waals surface area contributed by atoms with Gasteiger partial charge in [-0.25, -0.2) is 0 Å². The minimum Gasteiger partial charge on any atom is -0.192 e. The number of rotatable bonds is 2. The lowest BCUT2D eigenvalue weighted by Gasteiger charge is -2.05. The van der Waals surface area contributed by atoms with Crippen LogP contribution in [0.25, 0.3) is 11.1 Å². The van der Waals surface area contributed by atoms with E-state index in [1.807, 2.05) is 30.3 Å². The van der Waals surface area contributed by atoms with E-state index in [0.717, 1.165) is 16.5 Å². The monoisotopic (exact) mass is 305 g/mol. The van der Waals surface area contributed by atoms with E-state index >= 15 is 0 Å². The minimum absolute atomic E-state index is 0.586. The zero-order valence-electron chi connectivity index (χ0n) is 8.95. The van der Waals surface area contributed by atoms with Gasteiger partial charge >= 0.3 is 0 Å². The summed E-state index contributed by atoms with van der Waals surface area (Å²) in [5.74, 6) is 0. The van der Waals surface area contributed by atoms with Crippen molar-refractivity contribution in [3.8, 4) is 17.2 Å². The van der Waals surface area contributed by atoms with E-state index in [-0.39, 0.29) is 0 Å². The van der Waals surface area contributed by atoms with Gasteiger partial charge in [-0.2, -0.15) is 5.26 Å². The predicted octanol–water partition coefficient (Wildman–Crippen LogP) is 4.77. The third-order valence-corrected chi connectivity index (χ3v) is 3.40.